The Morgan fingerprint density at radius 3 is 2.49 bits per heavy atom. The summed E-state index contributed by atoms with van der Waals surface area (Å²) in [5.41, 5.74) is 4.08. The highest BCUT2D eigenvalue weighted by atomic mass is 32.2. The van der Waals surface area contributed by atoms with Gasteiger partial charge in [-0.25, -0.2) is 0 Å². The zero-order valence-electron chi connectivity index (χ0n) is 21.2. The monoisotopic (exact) mass is 493 g/mol. The van der Waals surface area contributed by atoms with Crippen LogP contribution >= 0.6 is 11.8 Å². The number of piperidine rings is 1. The number of likely N-dealkylation sites (tertiary alicyclic amines) is 1. The van der Waals surface area contributed by atoms with Crippen molar-refractivity contribution in [1.82, 2.24) is 24.2 Å². The molecule has 0 radical (unpaired) electrons. The van der Waals surface area contributed by atoms with Crippen LogP contribution in [-0.4, -0.2) is 56.0 Å². The molecule has 0 bridgehead atoms. The second-order valence-electron chi connectivity index (χ2n) is 9.74. The maximum atomic E-state index is 13.3. The maximum absolute atomic E-state index is 13.3. The molecule has 2 fully saturated rings. The van der Waals surface area contributed by atoms with Crippen LogP contribution < -0.4 is 4.74 Å². The van der Waals surface area contributed by atoms with Crippen molar-refractivity contribution in [3.05, 3.63) is 53.1 Å². The van der Waals surface area contributed by atoms with Gasteiger partial charge in [0.25, 0.3) is 0 Å². The van der Waals surface area contributed by atoms with Gasteiger partial charge in [0.1, 0.15) is 5.75 Å². The van der Waals surface area contributed by atoms with Gasteiger partial charge in [-0.3, -0.25) is 14.3 Å². The van der Waals surface area contributed by atoms with Gasteiger partial charge in [0, 0.05) is 28.7 Å². The number of ketones is 1. The highest BCUT2D eigenvalue weighted by molar-refractivity contribution is 7.99. The molecule has 7 nitrogen and oxygen atoms in total. The summed E-state index contributed by atoms with van der Waals surface area (Å²) in [6.45, 7) is 8.54. The average Bonchev–Trinajstić information content (AvgIpc) is 3.55. The van der Waals surface area contributed by atoms with Crippen LogP contribution in [0.5, 0.6) is 5.75 Å². The van der Waals surface area contributed by atoms with E-state index in [4.69, 9.17) is 4.74 Å². The van der Waals surface area contributed by atoms with Gasteiger partial charge in [-0.05, 0) is 89.9 Å². The lowest BCUT2D eigenvalue weighted by atomic mass is 10.1. The minimum atomic E-state index is 0.143. The van der Waals surface area contributed by atoms with Crippen LogP contribution in [0.3, 0.4) is 0 Å². The lowest BCUT2D eigenvalue weighted by Gasteiger charge is -2.31. The first-order valence-electron chi connectivity index (χ1n) is 12.7. The molecule has 1 saturated heterocycles. The summed E-state index contributed by atoms with van der Waals surface area (Å²) < 4.78 is 9.81. The molecule has 1 aromatic carbocycles. The third kappa shape index (κ3) is 4.91. The van der Waals surface area contributed by atoms with Gasteiger partial charge < -0.3 is 9.30 Å². The predicted molar refractivity (Wildman–Crippen MR) is 139 cm³/mol. The van der Waals surface area contributed by atoms with E-state index in [2.05, 4.69) is 51.1 Å². The normalized spacial score (nSPS) is 17.5. The van der Waals surface area contributed by atoms with Gasteiger partial charge in [0.15, 0.2) is 16.8 Å². The molecular formula is C27H35N5O2S. The Bertz CT molecular complexity index is 1190. The van der Waals surface area contributed by atoms with Gasteiger partial charge in [0.05, 0.1) is 18.9 Å². The number of hydrogen-bond donors (Lipinski definition) is 0. The van der Waals surface area contributed by atoms with E-state index in [0.717, 1.165) is 46.8 Å². The van der Waals surface area contributed by atoms with E-state index in [-0.39, 0.29) is 11.8 Å². The molecule has 1 unspecified atom stereocenters. The first-order valence-corrected chi connectivity index (χ1v) is 13.6. The topological polar surface area (TPSA) is 65.2 Å². The molecule has 0 amide bonds. The highest BCUT2D eigenvalue weighted by Gasteiger charge is 2.29. The number of aryl methyl sites for hydroxylation is 1. The molecule has 2 aromatic heterocycles. The molecule has 0 N–H and O–H groups in total. The molecule has 35 heavy (non-hydrogen) atoms. The Morgan fingerprint density at radius 1 is 1.11 bits per heavy atom. The quantitative estimate of drug-likeness (QED) is 0.288. The summed E-state index contributed by atoms with van der Waals surface area (Å²) in [4.78, 5) is 15.7. The van der Waals surface area contributed by atoms with Crippen molar-refractivity contribution in [2.75, 3.05) is 26.0 Å². The van der Waals surface area contributed by atoms with Gasteiger partial charge >= 0.3 is 0 Å². The molecule has 2 aliphatic rings. The van der Waals surface area contributed by atoms with E-state index in [9.17, 15) is 4.79 Å². The number of rotatable bonds is 9. The van der Waals surface area contributed by atoms with Crippen molar-refractivity contribution in [3.8, 4) is 11.4 Å². The molecule has 3 aromatic rings. The standard InChI is InChI=1S/C27H35N5O2S/c1-18-16-24(19(2)31(18)21-8-9-21)25(33)17-35-27-29-28-26(20(3)30-14-6-5-7-15-30)32(27)22-10-12-23(34-4)13-11-22/h10-13,16,20-21H,5-9,14-15,17H2,1-4H3. The summed E-state index contributed by atoms with van der Waals surface area (Å²) in [5, 5.41) is 9.94. The fourth-order valence-electron chi connectivity index (χ4n) is 5.25. The van der Waals surface area contributed by atoms with Gasteiger partial charge in [-0.15, -0.1) is 10.2 Å². The van der Waals surface area contributed by atoms with Crippen molar-refractivity contribution < 1.29 is 9.53 Å². The Hall–Kier alpha value is -2.58. The molecule has 3 heterocycles. The molecule has 0 spiro atoms. The molecular weight excluding hydrogens is 458 g/mol. The van der Waals surface area contributed by atoms with Gasteiger partial charge in [0.2, 0.25) is 0 Å². The summed E-state index contributed by atoms with van der Waals surface area (Å²) in [5.74, 6) is 2.20. The van der Waals surface area contributed by atoms with Gasteiger partial charge in [-0.2, -0.15) is 0 Å². The van der Waals surface area contributed by atoms with Gasteiger partial charge in [-0.1, -0.05) is 18.2 Å². The third-order valence-corrected chi connectivity index (χ3v) is 8.26. The number of benzene rings is 1. The molecule has 1 atom stereocenters. The first-order chi connectivity index (χ1) is 17.0. The number of thioether (sulfide) groups is 1. The van der Waals surface area contributed by atoms with Crippen LogP contribution in [0.1, 0.15) is 78.7 Å². The third-order valence-electron chi connectivity index (χ3n) is 7.33. The SMILES string of the molecule is COc1ccc(-n2c(SCC(=O)c3cc(C)n(C4CC4)c3C)nnc2C(C)N2CCCCC2)cc1. The van der Waals surface area contributed by atoms with Crippen molar-refractivity contribution in [1.29, 1.82) is 0 Å². The van der Waals surface area contributed by atoms with E-state index in [0.29, 0.717) is 11.8 Å². The molecule has 1 saturated carbocycles. The molecule has 1 aliphatic carbocycles. The zero-order valence-corrected chi connectivity index (χ0v) is 22.0. The second kappa shape index (κ2) is 10.2. The number of ether oxygens (including phenoxy) is 1. The molecule has 1 aliphatic heterocycles. The van der Waals surface area contributed by atoms with Crippen LogP contribution in [0.4, 0.5) is 0 Å². The zero-order chi connectivity index (χ0) is 24.5. The summed E-state index contributed by atoms with van der Waals surface area (Å²) in [6.07, 6.45) is 6.15. The summed E-state index contributed by atoms with van der Waals surface area (Å²) in [6, 6.07) is 10.7. The van der Waals surface area contributed by atoms with Crippen LogP contribution in [-0.2, 0) is 0 Å². The van der Waals surface area contributed by atoms with Crippen LogP contribution in [0, 0.1) is 13.8 Å². The van der Waals surface area contributed by atoms with Crippen molar-refractivity contribution in [3.63, 3.8) is 0 Å². The number of aromatic nitrogens is 4. The van der Waals surface area contributed by atoms with E-state index in [1.54, 1.807) is 7.11 Å². The Balaban J connectivity index is 1.41. The fraction of sp³-hybridized carbons (Fsp3) is 0.519. The largest absolute Gasteiger partial charge is 0.497 e. The van der Waals surface area contributed by atoms with Crippen molar-refractivity contribution >= 4 is 17.5 Å². The van der Waals surface area contributed by atoms with E-state index >= 15 is 0 Å². The average molecular weight is 494 g/mol. The lowest BCUT2D eigenvalue weighted by Crippen LogP contribution is -2.33. The number of methoxy groups -OCH3 is 1. The number of nitrogens with zero attached hydrogens (tertiary/aromatic N) is 5. The van der Waals surface area contributed by atoms with Crippen LogP contribution in [0.15, 0.2) is 35.5 Å². The molecule has 8 heteroatoms. The minimum absolute atomic E-state index is 0.143. The summed E-state index contributed by atoms with van der Waals surface area (Å²) >= 11 is 1.47. The van der Waals surface area contributed by atoms with Crippen molar-refractivity contribution in [2.24, 2.45) is 0 Å². The van der Waals surface area contributed by atoms with E-state index < -0.39 is 0 Å². The predicted octanol–water partition coefficient (Wildman–Crippen LogP) is 5.55. The number of hydrogen-bond acceptors (Lipinski definition) is 6. The second-order valence-corrected chi connectivity index (χ2v) is 10.7. The van der Waals surface area contributed by atoms with Crippen LogP contribution in [0.2, 0.25) is 0 Å². The molecule has 186 valence electrons. The lowest BCUT2D eigenvalue weighted by molar-refractivity contribution is 0.102. The van der Waals surface area contributed by atoms with Crippen LogP contribution in [0.25, 0.3) is 5.69 Å². The minimum Gasteiger partial charge on any atom is -0.497 e. The number of carbonyl (C=O) groups excluding carboxylic acids is 1. The van der Waals surface area contributed by atoms with Crippen molar-refractivity contribution in [2.45, 2.75) is 70.1 Å². The number of carbonyl (C=O) groups is 1. The summed E-state index contributed by atoms with van der Waals surface area (Å²) in [7, 11) is 1.67. The maximum Gasteiger partial charge on any atom is 0.196 e. The smallest absolute Gasteiger partial charge is 0.196 e. The highest BCUT2D eigenvalue weighted by Crippen LogP contribution is 2.38. The van der Waals surface area contributed by atoms with E-state index in [1.165, 1.54) is 49.6 Å². The van der Waals surface area contributed by atoms with E-state index in [1.807, 2.05) is 24.3 Å². The Morgan fingerprint density at radius 2 is 1.83 bits per heavy atom. The number of Topliss-reactive ketones (excluding diaryl/α,β-unsaturated/α-hetero) is 1. The first kappa shape index (κ1) is 24.1. The Kier molecular flexibility index (Phi) is 7.02. The molecule has 5 rings (SSSR count). The fourth-order valence-corrected chi connectivity index (χ4v) is 6.09. The Labute approximate surface area is 211 Å².